The Bertz CT molecular complexity index is 701. The van der Waals surface area contributed by atoms with E-state index in [9.17, 15) is 8.42 Å². The fourth-order valence-electron chi connectivity index (χ4n) is 1.81. The van der Waals surface area contributed by atoms with Crippen LogP contribution in [0, 0.1) is 0 Å². The Labute approximate surface area is 128 Å². The number of sulfonamides is 1. The van der Waals surface area contributed by atoms with Crippen LogP contribution < -0.4 is 4.72 Å². The van der Waals surface area contributed by atoms with Crippen molar-refractivity contribution in [2.24, 2.45) is 7.05 Å². The van der Waals surface area contributed by atoms with Crippen molar-refractivity contribution in [3.05, 3.63) is 24.3 Å². The summed E-state index contributed by atoms with van der Waals surface area (Å²) in [6.45, 7) is 0. The molecule has 9 heteroatoms. The molecule has 0 saturated heterocycles. The second-order valence-corrected chi connectivity index (χ2v) is 6.74. The smallest absolute Gasteiger partial charge is 0.232 e. The summed E-state index contributed by atoms with van der Waals surface area (Å²) in [6, 6.07) is 6.95. The van der Waals surface area contributed by atoms with E-state index in [2.05, 4.69) is 20.2 Å². The van der Waals surface area contributed by atoms with E-state index in [4.69, 9.17) is 11.6 Å². The Balaban J connectivity index is 2.13. The second-order valence-electron chi connectivity index (χ2n) is 4.52. The van der Waals surface area contributed by atoms with Crippen LogP contribution in [0.4, 0.5) is 5.69 Å². The molecular weight excluding hydrogens is 314 g/mol. The highest BCUT2D eigenvalue weighted by Gasteiger charge is 2.12. The molecule has 0 unspecified atom stereocenters. The van der Waals surface area contributed by atoms with Gasteiger partial charge in [0.25, 0.3) is 0 Å². The number of benzene rings is 1. The minimum atomic E-state index is -3.37. The molecule has 21 heavy (non-hydrogen) atoms. The molecule has 0 spiro atoms. The highest BCUT2D eigenvalue weighted by molar-refractivity contribution is 7.92. The van der Waals surface area contributed by atoms with Gasteiger partial charge in [-0.2, -0.15) is 0 Å². The third kappa shape index (κ3) is 4.40. The van der Waals surface area contributed by atoms with Crippen LogP contribution in [-0.4, -0.2) is 40.3 Å². The van der Waals surface area contributed by atoms with Crippen LogP contribution >= 0.6 is 11.6 Å². The molecule has 1 N–H and O–H groups in total. The topological polar surface area (TPSA) is 89.8 Å². The summed E-state index contributed by atoms with van der Waals surface area (Å²) >= 11 is 5.55. The number of tetrazole rings is 1. The fourth-order valence-corrected chi connectivity index (χ4v) is 3.17. The molecule has 0 fully saturated rings. The molecule has 2 rings (SSSR count). The molecule has 0 aliphatic heterocycles. The Kier molecular flexibility index (Phi) is 5.13. The maximum absolute atomic E-state index is 11.9. The van der Waals surface area contributed by atoms with Gasteiger partial charge in [-0.25, -0.2) is 13.1 Å². The van der Waals surface area contributed by atoms with E-state index in [0.717, 1.165) is 5.56 Å². The van der Waals surface area contributed by atoms with Gasteiger partial charge in [-0.05, 0) is 35.4 Å². The number of aromatic nitrogens is 4. The van der Waals surface area contributed by atoms with Crippen molar-refractivity contribution < 1.29 is 8.42 Å². The number of anilines is 1. The number of hydrogen-bond donors (Lipinski definition) is 1. The molecule has 2 aromatic rings. The van der Waals surface area contributed by atoms with Crippen LogP contribution in [0.15, 0.2) is 24.3 Å². The molecule has 0 amide bonds. The van der Waals surface area contributed by atoms with Crippen LogP contribution in [-0.2, 0) is 17.1 Å². The second kappa shape index (κ2) is 6.86. The van der Waals surface area contributed by atoms with E-state index in [1.54, 1.807) is 25.2 Å². The Morgan fingerprint density at radius 2 is 2.14 bits per heavy atom. The lowest BCUT2D eigenvalue weighted by molar-refractivity contribution is 0.598. The zero-order valence-electron chi connectivity index (χ0n) is 11.5. The minimum Gasteiger partial charge on any atom is -0.284 e. The van der Waals surface area contributed by atoms with Gasteiger partial charge in [-0.15, -0.1) is 16.7 Å². The average Bonchev–Trinajstić information content (AvgIpc) is 2.85. The molecule has 0 bridgehead atoms. The summed E-state index contributed by atoms with van der Waals surface area (Å²) in [4.78, 5) is 0. The normalized spacial score (nSPS) is 11.5. The van der Waals surface area contributed by atoms with Gasteiger partial charge in [-0.1, -0.05) is 12.1 Å². The van der Waals surface area contributed by atoms with Crippen LogP contribution in [0.3, 0.4) is 0 Å². The largest absolute Gasteiger partial charge is 0.284 e. The predicted molar refractivity (Wildman–Crippen MR) is 81.6 cm³/mol. The SMILES string of the molecule is Cn1nnnc1-c1cccc(NS(=O)(=O)CCCCCl)c1. The molecule has 0 atom stereocenters. The highest BCUT2D eigenvalue weighted by atomic mass is 35.5. The van der Waals surface area contributed by atoms with Gasteiger partial charge in [0.1, 0.15) is 0 Å². The maximum atomic E-state index is 11.9. The van der Waals surface area contributed by atoms with Gasteiger partial charge in [0, 0.05) is 24.2 Å². The maximum Gasteiger partial charge on any atom is 0.232 e. The monoisotopic (exact) mass is 329 g/mol. The number of unbranched alkanes of at least 4 members (excludes halogenated alkanes) is 1. The molecule has 0 saturated carbocycles. The summed E-state index contributed by atoms with van der Waals surface area (Å²) in [6.07, 6.45) is 1.21. The van der Waals surface area contributed by atoms with Crippen molar-refractivity contribution in [3.63, 3.8) is 0 Å². The zero-order valence-corrected chi connectivity index (χ0v) is 13.1. The minimum absolute atomic E-state index is 0.0511. The number of hydrogen-bond acceptors (Lipinski definition) is 5. The fraction of sp³-hybridized carbons (Fsp3) is 0.417. The first kappa shape index (κ1) is 15.7. The molecule has 114 valence electrons. The van der Waals surface area contributed by atoms with Crippen molar-refractivity contribution in [1.29, 1.82) is 0 Å². The lowest BCUT2D eigenvalue weighted by Crippen LogP contribution is -2.16. The van der Waals surface area contributed by atoms with Gasteiger partial charge in [0.15, 0.2) is 5.82 Å². The molecule has 1 aromatic carbocycles. The summed E-state index contributed by atoms with van der Waals surface area (Å²) in [5, 5.41) is 11.2. The van der Waals surface area contributed by atoms with Crippen molar-refractivity contribution >= 4 is 27.3 Å². The quantitative estimate of drug-likeness (QED) is 0.616. The summed E-state index contributed by atoms with van der Waals surface area (Å²) < 4.78 is 28.0. The Morgan fingerprint density at radius 1 is 1.33 bits per heavy atom. The van der Waals surface area contributed by atoms with Crippen LogP contribution in [0.5, 0.6) is 0 Å². The number of aryl methyl sites for hydroxylation is 1. The Morgan fingerprint density at radius 3 is 2.81 bits per heavy atom. The molecule has 0 aliphatic carbocycles. The number of halogens is 1. The van der Waals surface area contributed by atoms with Gasteiger partial charge in [0.2, 0.25) is 10.0 Å². The predicted octanol–water partition coefficient (Wildman–Crippen LogP) is 1.64. The van der Waals surface area contributed by atoms with Crippen LogP contribution in [0.25, 0.3) is 11.4 Å². The standard InChI is InChI=1S/C12H16ClN5O2S/c1-18-12(14-16-17-18)10-5-4-6-11(9-10)15-21(19,20)8-3-2-7-13/h4-6,9,15H,2-3,7-8H2,1H3. The van der Waals surface area contributed by atoms with Crippen molar-refractivity contribution in [2.75, 3.05) is 16.4 Å². The third-order valence-corrected chi connectivity index (χ3v) is 4.45. The van der Waals surface area contributed by atoms with E-state index >= 15 is 0 Å². The van der Waals surface area contributed by atoms with Crippen LogP contribution in [0.2, 0.25) is 0 Å². The summed E-state index contributed by atoms with van der Waals surface area (Å²) in [5.74, 6) is 1.08. The molecular formula is C12H16ClN5O2S. The lowest BCUT2D eigenvalue weighted by atomic mass is 10.2. The zero-order chi connectivity index (χ0) is 15.3. The van der Waals surface area contributed by atoms with Crippen molar-refractivity contribution in [1.82, 2.24) is 20.2 Å². The van der Waals surface area contributed by atoms with Crippen molar-refractivity contribution in [2.45, 2.75) is 12.8 Å². The van der Waals surface area contributed by atoms with E-state index in [1.807, 2.05) is 6.07 Å². The number of nitrogens with one attached hydrogen (secondary N) is 1. The van der Waals surface area contributed by atoms with Gasteiger partial charge < -0.3 is 0 Å². The molecule has 0 aliphatic rings. The molecule has 1 aromatic heterocycles. The van der Waals surface area contributed by atoms with E-state index in [-0.39, 0.29) is 5.75 Å². The first-order valence-electron chi connectivity index (χ1n) is 6.41. The van der Waals surface area contributed by atoms with Crippen LogP contribution in [0.1, 0.15) is 12.8 Å². The molecule has 7 nitrogen and oxygen atoms in total. The van der Waals surface area contributed by atoms with Crippen molar-refractivity contribution in [3.8, 4) is 11.4 Å². The highest BCUT2D eigenvalue weighted by Crippen LogP contribution is 2.20. The molecule has 0 radical (unpaired) electrons. The first-order chi connectivity index (χ1) is 10.0. The van der Waals surface area contributed by atoms with Gasteiger partial charge >= 0.3 is 0 Å². The number of rotatable bonds is 7. The third-order valence-electron chi connectivity index (χ3n) is 2.81. The lowest BCUT2D eigenvalue weighted by Gasteiger charge is -2.08. The first-order valence-corrected chi connectivity index (χ1v) is 8.60. The van der Waals surface area contributed by atoms with Gasteiger partial charge in [0.05, 0.1) is 5.75 Å². The average molecular weight is 330 g/mol. The van der Waals surface area contributed by atoms with Gasteiger partial charge in [-0.3, -0.25) is 4.72 Å². The number of alkyl halides is 1. The van der Waals surface area contributed by atoms with E-state index in [1.165, 1.54) is 4.68 Å². The van der Waals surface area contributed by atoms with E-state index in [0.29, 0.717) is 30.2 Å². The summed E-state index contributed by atoms with van der Waals surface area (Å²) in [7, 11) is -1.65. The Hall–Kier alpha value is -1.67. The molecule has 1 heterocycles. The van der Waals surface area contributed by atoms with E-state index < -0.39 is 10.0 Å². The summed E-state index contributed by atoms with van der Waals surface area (Å²) in [5.41, 5.74) is 1.23. The number of nitrogens with zero attached hydrogens (tertiary/aromatic N) is 4.